The van der Waals surface area contributed by atoms with Crippen molar-refractivity contribution in [2.75, 3.05) is 13.2 Å². The first-order valence-corrected chi connectivity index (χ1v) is 26.9. The van der Waals surface area contributed by atoms with Crippen LogP contribution in [-0.2, 0) is 56.5 Å². The molecule has 0 aliphatic carbocycles. The molecule has 0 amide bonds. The Balaban J connectivity index is 0.000000290. The smallest absolute Gasteiger partial charge is 0.308 e. The summed E-state index contributed by atoms with van der Waals surface area (Å²) in [4.78, 5) is 24.1. The maximum atomic E-state index is 12.3. The van der Waals surface area contributed by atoms with Gasteiger partial charge in [0.05, 0.1) is 34.8 Å². The standard InChI is InChI=1S/2C19H30O6SSi/c2*1-14-7-9-17(10-8-14)26(21,22)23-13-16-11-15(12-18(20)24-16)25-27(5,6)19(2,3)4/h2*7-10,15-16H,11-13H2,1-6H3/t15?,16-;15-,16-/m00/s1. The molecule has 2 aromatic carbocycles. The molecule has 0 saturated carbocycles. The zero-order valence-corrected chi connectivity index (χ0v) is 37.5. The quantitative estimate of drug-likeness (QED) is 0.117. The Morgan fingerprint density at radius 3 is 1.17 bits per heavy atom. The van der Waals surface area contributed by atoms with E-state index < -0.39 is 49.1 Å². The fourth-order valence-electron chi connectivity index (χ4n) is 5.14. The number of cyclic esters (lactones) is 2. The summed E-state index contributed by atoms with van der Waals surface area (Å²) in [5, 5.41) is 0.0459. The Morgan fingerprint density at radius 1 is 0.593 bits per heavy atom. The van der Waals surface area contributed by atoms with Crippen molar-refractivity contribution >= 4 is 48.8 Å². The van der Waals surface area contributed by atoms with Crippen LogP contribution in [0.15, 0.2) is 58.3 Å². The molecule has 12 nitrogen and oxygen atoms in total. The topological polar surface area (TPSA) is 158 Å². The summed E-state index contributed by atoms with van der Waals surface area (Å²) in [5.74, 6) is -0.766. The van der Waals surface area contributed by atoms with E-state index in [0.717, 1.165) is 11.1 Å². The fraction of sp³-hybridized carbons (Fsp3) is 0.632. The first kappa shape index (κ1) is 45.9. The molecule has 0 spiro atoms. The summed E-state index contributed by atoms with van der Waals surface area (Å²) in [7, 11) is -11.9. The second-order valence-corrected chi connectivity index (χ2v) is 30.0. The lowest BCUT2D eigenvalue weighted by Crippen LogP contribution is -2.47. The Hall–Kier alpha value is -2.45. The normalized spacial score (nSPS) is 21.8. The molecule has 304 valence electrons. The van der Waals surface area contributed by atoms with E-state index >= 15 is 0 Å². The van der Waals surface area contributed by atoms with Gasteiger partial charge in [0.25, 0.3) is 20.2 Å². The number of carbonyl (C=O) groups is 2. The summed E-state index contributed by atoms with van der Waals surface area (Å²) in [6.07, 6.45) is -0.585. The van der Waals surface area contributed by atoms with Crippen molar-refractivity contribution in [3.8, 4) is 0 Å². The molecule has 54 heavy (non-hydrogen) atoms. The monoisotopic (exact) mass is 828 g/mol. The molecule has 0 bridgehead atoms. The van der Waals surface area contributed by atoms with Gasteiger partial charge in [-0.25, -0.2) is 0 Å². The lowest BCUT2D eigenvalue weighted by molar-refractivity contribution is -0.162. The zero-order chi connectivity index (χ0) is 40.9. The van der Waals surface area contributed by atoms with E-state index in [4.69, 9.17) is 26.7 Å². The van der Waals surface area contributed by atoms with E-state index in [1.165, 1.54) is 24.3 Å². The summed E-state index contributed by atoms with van der Waals surface area (Å²) < 4.78 is 82.7. The van der Waals surface area contributed by atoms with Crippen LogP contribution in [0.1, 0.15) is 78.4 Å². The summed E-state index contributed by atoms with van der Waals surface area (Å²) in [6, 6.07) is 12.8. The highest BCUT2D eigenvalue weighted by Crippen LogP contribution is 2.40. The van der Waals surface area contributed by atoms with Gasteiger partial charge in [-0.3, -0.25) is 18.0 Å². The van der Waals surface area contributed by atoms with Crippen molar-refractivity contribution < 1.29 is 53.1 Å². The average Bonchev–Trinajstić information content (AvgIpc) is 3.02. The molecular formula is C38H60O12S2Si2. The molecule has 0 radical (unpaired) electrons. The molecule has 0 aromatic heterocycles. The number of benzene rings is 2. The first-order chi connectivity index (χ1) is 24.6. The van der Waals surface area contributed by atoms with Crippen LogP contribution in [0.2, 0.25) is 36.3 Å². The second-order valence-electron chi connectivity index (χ2n) is 17.2. The number of ether oxygens (including phenoxy) is 2. The molecule has 2 heterocycles. The minimum absolute atomic E-state index is 0.0229. The van der Waals surface area contributed by atoms with Crippen molar-refractivity contribution in [1.82, 2.24) is 0 Å². The van der Waals surface area contributed by atoms with Crippen molar-refractivity contribution in [3.05, 3.63) is 59.7 Å². The van der Waals surface area contributed by atoms with E-state index in [2.05, 4.69) is 67.7 Å². The Morgan fingerprint density at radius 2 is 0.889 bits per heavy atom. The molecule has 2 aliphatic rings. The van der Waals surface area contributed by atoms with Crippen LogP contribution in [0.5, 0.6) is 0 Å². The van der Waals surface area contributed by atoms with Gasteiger partial charge < -0.3 is 18.3 Å². The Labute approximate surface area is 325 Å². The van der Waals surface area contributed by atoms with E-state index in [0.29, 0.717) is 12.8 Å². The average molecular weight is 829 g/mol. The molecule has 0 N–H and O–H groups in total. The minimum Gasteiger partial charge on any atom is -0.460 e. The number of esters is 2. The molecule has 2 aliphatic heterocycles. The van der Waals surface area contributed by atoms with Gasteiger partial charge in [0, 0.05) is 12.8 Å². The number of rotatable bonds is 12. The molecule has 2 aromatic rings. The lowest BCUT2D eigenvalue weighted by atomic mass is 10.1. The maximum Gasteiger partial charge on any atom is 0.308 e. The van der Waals surface area contributed by atoms with E-state index in [9.17, 15) is 26.4 Å². The van der Waals surface area contributed by atoms with Crippen LogP contribution in [0.25, 0.3) is 0 Å². The van der Waals surface area contributed by atoms with Gasteiger partial charge in [-0.15, -0.1) is 0 Å². The number of hydrogen-bond donors (Lipinski definition) is 0. The summed E-state index contributed by atoms with van der Waals surface area (Å²) in [5.41, 5.74) is 1.92. The van der Waals surface area contributed by atoms with Crippen molar-refractivity contribution in [1.29, 1.82) is 0 Å². The van der Waals surface area contributed by atoms with Crippen LogP contribution >= 0.6 is 0 Å². The fourth-order valence-corrected chi connectivity index (χ4v) is 9.74. The third-order valence-electron chi connectivity index (χ3n) is 10.4. The molecule has 4 atom stereocenters. The minimum atomic E-state index is -3.89. The molecule has 1 unspecified atom stereocenters. The van der Waals surface area contributed by atoms with Crippen molar-refractivity contribution in [2.24, 2.45) is 0 Å². The van der Waals surface area contributed by atoms with E-state index in [1.54, 1.807) is 24.3 Å². The van der Waals surface area contributed by atoms with Crippen LogP contribution in [-0.4, -0.2) is 83.0 Å². The summed E-state index contributed by atoms with van der Waals surface area (Å²) in [6.45, 7) is 24.6. The third-order valence-corrected chi connectivity index (χ3v) is 22.1. The van der Waals surface area contributed by atoms with Gasteiger partial charge in [0.15, 0.2) is 16.6 Å². The van der Waals surface area contributed by atoms with E-state index in [-0.39, 0.29) is 70.1 Å². The SMILES string of the molecule is Cc1ccc(S(=O)(=O)OC[C@@H]2CC(O[Si](C)(C)C(C)(C)C)CC(=O)O2)cc1.Cc1ccc(S(=O)(=O)OC[C@@H]2C[C@H](O[Si](C)(C)C(C)(C)C)CC(=O)O2)cc1. The van der Waals surface area contributed by atoms with Gasteiger partial charge in [0.1, 0.15) is 25.4 Å². The largest absolute Gasteiger partial charge is 0.460 e. The van der Waals surface area contributed by atoms with Crippen molar-refractivity contribution in [2.45, 2.75) is 152 Å². The highest BCUT2D eigenvalue weighted by Gasteiger charge is 2.43. The number of hydrogen-bond acceptors (Lipinski definition) is 12. The van der Waals surface area contributed by atoms with E-state index in [1.807, 2.05) is 13.8 Å². The number of carbonyl (C=O) groups excluding carboxylic acids is 2. The second kappa shape index (κ2) is 17.8. The maximum absolute atomic E-state index is 12.3. The molecular weight excluding hydrogens is 769 g/mol. The van der Waals surface area contributed by atoms with Crippen LogP contribution < -0.4 is 0 Å². The third kappa shape index (κ3) is 13.3. The molecule has 2 saturated heterocycles. The number of aryl methyl sites for hydroxylation is 2. The highest BCUT2D eigenvalue weighted by molar-refractivity contribution is 7.87. The van der Waals surface area contributed by atoms with Gasteiger partial charge in [-0.2, -0.15) is 16.8 Å². The predicted molar refractivity (Wildman–Crippen MR) is 211 cm³/mol. The Bertz CT molecular complexity index is 1660. The zero-order valence-electron chi connectivity index (χ0n) is 33.9. The van der Waals surface area contributed by atoms with Gasteiger partial charge in [-0.05, 0) is 74.4 Å². The van der Waals surface area contributed by atoms with Crippen LogP contribution in [0.3, 0.4) is 0 Å². The first-order valence-electron chi connectivity index (χ1n) is 18.3. The lowest BCUT2D eigenvalue weighted by Gasteiger charge is -2.41. The molecule has 4 rings (SSSR count). The van der Waals surface area contributed by atoms with Crippen molar-refractivity contribution in [3.63, 3.8) is 0 Å². The molecule has 16 heteroatoms. The Kier molecular flexibility index (Phi) is 15.1. The van der Waals surface area contributed by atoms with Crippen LogP contribution in [0.4, 0.5) is 0 Å². The van der Waals surface area contributed by atoms with Crippen LogP contribution in [0, 0.1) is 13.8 Å². The highest BCUT2D eigenvalue weighted by atomic mass is 32.2. The van der Waals surface area contributed by atoms with Gasteiger partial charge in [0.2, 0.25) is 0 Å². The molecule has 2 fully saturated rings. The summed E-state index contributed by atoms with van der Waals surface area (Å²) >= 11 is 0. The van der Waals surface area contributed by atoms with Gasteiger partial charge >= 0.3 is 11.9 Å². The predicted octanol–water partition coefficient (Wildman–Crippen LogP) is 7.59. The van der Waals surface area contributed by atoms with Gasteiger partial charge in [-0.1, -0.05) is 76.9 Å².